The predicted molar refractivity (Wildman–Crippen MR) is 38.8 cm³/mol. The lowest BCUT2D eigenvalue weighted by Crippen LogP contribution is -1.94. The second-order valence-corrected chi connectivity index (χ2v) is 1.93. The molecule has 0 atom stereocenters. The Balaban J connectivity index is 2.89. The standard InChI is InChI=1S/C7H5FN2O2/c8-6(7(11)12)3-5-1-2-9-4-10-5/h1-4H,(H,11,12)/b6-3-. The van der Waals surface area contributed by atoms with E-state index in [-0.39, 0.29) is 5.69 Å². The zero-order valence-electron chi connectivity index (χ0n) is 5.94. The van der Waals surface area contributed by atoms with E-state index in [2.05, 4.69) is 9.97 Å². The van der Waals surface area contributed by atoms with Crippen LogP contribution in [0.3, 0.4) is 0 Å². The summed E-state index contributed by atoms with van der Waals surface area (Å²) in [4.78, 5) is 17.2. The van der Waals surface area contributed by atoms with Gasteiger partial charge in [0.1, 0.15) is 6.33 Å². The van der Waals surface area contributed by atoms with Crippen LogP contribution in [-0.4, -0.2) is 21.0 Å². The zero-order chi connectivity index (χ0) is 8.97. The van der Waals surface area contributed by atoms with E-state index in [1.165, 1.54) is 18.6 Å². The minimum Gasteiger partial charge on any atom is -0.476 e. The first-order chi connectivity index (χ1) is 5.70. The molecule has 1 N–H and O–H groups in total. The van der Waals surface area contributed by atoms with Crippen LogP contribution in [0.4, 0.5) is 4.39 Å². The Kier molecular flexibility index (Phi) is 2.47. The van der Waals surface area contributed by atoms with Crippen LogP contribution >= 0.6 is 0 Å². The molecule has 1 heterocycles. The van der Waals surface area contributed by atoms with Gasteiger partial charge in [-0.3, -0.25) is 0 Å². The van der Waals surface area contributed by atoms with Crippen molar-refractivity contribution in [1.29, 1.82) is 0 Å². The molecule has 4 nitrogen and oxygen atoms in total. The lowest BCUT2D eigenvalue weighted by Gasteiger charge is -1.89. The third-order valence-corrected chi connectivity index (χ3v) is 1.08. The van der Waals surface area contributed by atoms with E-state index in [0.29, 0.717) is 0 Å². The van der Waals surface area contributed by atoms with E-state index >= 15 is 0 Å². The Morgan fingerprint density at radius 2 is 2.42 bits per heavy atom. The van der Waals surface area contributed by atoms with Crippen LogP contribution in [0, 0.1) is 0 Å². The number of halogens is 1. The maximum Gasteiger partial charge on any atom is 0.364 e. The van der Waals surface area contributed by atoms with Crippen LogP contribution in [0.1, 0.15) is 5.69 Å². The minimum absolute atomic E-state index is 0.227. The molecule has 0 saturated heterocycles. The van der Waals surface area contributed by atoms with Crippen LogP contribution in [0.25, 0.3) is 6.08 Å². The fourth-order valence-corrected chi connectivity index (χ4v) is 0.578. The maximum atomic E-state index is 12.4. The van der Waals surface area contributed by atoms with E-state index < -0.39 is 11.8 Å². The summed E-state index contributed by atoms with van der Waals surface area (Å²) in [6.07, 6.45) is 3.43. The first-order valence-corrected chi connectivity index (χ1v) is 3.06. The van der Waals surface area contributed by atoms with Gasteiger partial charge in [-0.05, 0) is 6.07 Å². The number of rotatable bonds is 2. The molecule has 62 valence electrons. The van der Waals surface area contributed by atoms with Crippen molar-refractivity contribution in [3.63, 3.8) is 0 Å². The van der Waals surface area contributed by atoms with Crippen molar-refractivity contribution in [2.75, 3.05) is 0 Å². The quantitative estimate of drug-likeness (QED) is 0.665. The number of carboxylic acids is 1. The Morgan fingerprint density at radius 1 is 1.67 bits per heavy atom. The highest BCUT2D eigenvalue weighted by molar-refractivity contribution is 5.89. The molecule has 0 bridgehead atoms. The first-order valence-electron chi connectivity index (χ1n) is 3.06. The van der Waals surface area contributed by atoms with Gasteiger partial charge in [-0.2, -0.15) is 4.39 Å². The van der Waals surface area contributed by atoms with Gasteiger partial charge in [-0.1, -0.05) is 0 Å². The Labute approximate surface area is 67.4 Å². The average Bonchev–Trinajstić information content (AvgIpc) is 2.06. The summed E-state index contributed by atoms with van der Waals surface area (Å²) in [6, 6.07) is 1.41. The molecule has 5 heteroatoms. The van der Waals surface area contributed by atoms with Gasteiger partial charge in [0, 0.05) is 12.3 Å². The van der Waals surface area contributed by atoms with Crippen LogP contribution in [0.15, 0.2) is 24.4 Å². The Bertz CT molecular complexity index is 310. The van der Waals surface area contributed by atoms with Crippen molar-refractivity contribution in [2.45, 2.75) is 0 Å². The highest BCUT2D eigenvalue weighted by Gasteiger charge is 2.04. The van der Waals surface area contributed by atoms with E-state index in [9.17, 15) is 9.18 Å². The Hall–Kier alpha value is -1.78. The lowest BCUT2D eigenvalue weighted by atomic mass is 10.3. The van der Waals surface area contributed by atoms with E-state index in [4.69, 9.17) is 5.11 Å². The molecule has 0 amide bonds. The van der Waals surface area contributed by atoms with Crippen LogP contribution < -0.4 is 0 Å². The summed E-state index contributed by atoms with van der Waals surface area (Å²) in [5.74, 6) is -2.85. The van der Waals surface area contributed by atoms with E-state index in [1.807, 2.05) is 0 Å². The SMILES string of the molecule is O=C(O)/C(F)=C/c1ccncn1. The van der Waals surface area contributed by atoms with Gasteiger partial charge in [0.25, 0.3) is 0 Å². The minimum atomic E-state index is -1.60. The molecule has 0 unspecified atom stereocenters. The van der Waals surface area contributed by atoms with Crippen LogP contribution in [-0.2, 0) is 4.79 Å². The van der Waals surface area contributed by atoms with Crippen molar-refractivity contribution in [3.05, 3.63) is 30.1 Å². The second kappa shape index (κ2) is 3.56. The van der Waals surface area contributed by atoms with Crippen LogP contribution in [0.2, 0.25) is 0 Å². The number of carbonyl (C=O) groups is 1. The highest BCUT2D eigenvalue weighted by atomic mass is 19.1. The maximum absolute atomic E-state index is 12.4. The van der Waals surface area contributed by atoms with Crippen molar-refractivity contribution in [3.8, 4) is 0 Å². The van der Waals surface area contributed by atoms with Crippen molar-refractivity contribution in [1.82, 2.24) is 9.97 Å². The van der Waals surface area contributed by atoms with Crippen LogP contribution in [0.5, 0.6) is 0 Å². The van der Waals surface area contributed by atoms with Gasteiger partial charge in [-0.15, -0.1) is 0 Å². The number of hydrogen-bond acceptors (Lipinski definition) is 3. The summed E-state index contributed by atoms with van der Waals surface area (Å²) in [5, 5.41) is 8.16. The molecule has 12 heavy (non-hydrogen) atoms. The normalized spacial score (nSPS) is 11.2. The molecule has 0 aliphatic rings. The molecule has 0 aromatic carbocycles. The molecule has 0 aliphatic heterocycles. The molecule has 1 aromatic rings. The average molecular weight is 168 g/mol. The molecule has 1 aromatic heterocycles. The summed E-state index contributed by atoms with van der Waals surface area (Å²) < 4.78 is 12.4. The topological polar surface area (TPSA) is 63.1 Å². The fraction of sp³-hybridized carbons (Fsp3) is 0. The molecule has 1 rings (SSSR count). The zero-order valence-corrected chi connectivity index (χ0v) is 5.94. The highest BCUT2D eigenvalue weighted by Crippen LogP contribution is 2.03. The summed E-state index contributed by atoms with van der Waals surface area (Å²) in [6.45, 7) is 0. The third-order valence-electron chi connectivity index (χ3n) is 1.08. The van der Waals surface area contributed by atoms with Gasteiger partial charge in [0.15, 0.2) is 0 Å². The predicted octanol–water partition coefficient (Wildman–Crippen LogP) is 0.872. The van der Waals surface area contributed by atoms with Gasteiger partial charge in [-0.25, -0.2) is 14.8 Å². The largest absolute Gasteiger partial charge is 0.476 e. The Morgan fingerprint density at radius 3 is 2.92 bits per heavy atom. The number of aromatic nitrogens is 2. The third kappa shape index (κ3) is 2.12. The molecular formula is C7H5FN2O2. The monoisotopic (exact) mass is 168 g/mol. The fourth-order valence-electron chi connectivity index (χ4n) is 0.578. The molecule has 0 saturated carbocycles. The van der Waals surface area contributed by atoms with Gasteiger partial charge < -0.3 is 5.11 Å². The number of carboxylic acid groups (broad SMARTS) is 1. The van der Waals surface area contributed by atoms with Gasteiger partial charge in [0.05, 0.1) is 5.69 Å². The number of aliphatic carboxylic acids is 1. The molecule has 0 radical (unpaired) electrons. The van der Waals surface area contributed by atoms with Gasteiger partial charge in [0.2, 0.25) is 5.83 Å². The van der Waals surface area contributed by atoms with Gasteiger partial charge >= 0.3 is 5.97 Å². The van der Waals surface area contributed by atoms with Crippen molar-refractivity contribution < 1.29 is 14.3 Å². The van der Waals surface area contributed by atoms with E-state index in [0.717, 1.165) is 6.08 Å². The van der Waals surface area contributed by atoms with Crippen molar-refractivity contribution in [2.24, 2.45) is 0 Å². The summed E-state index contributed by atoms with van der Waals surface area (Å²) in [5.41, 5.74) is 0.227. The lowest BCUT2D eigenvalue weighted by molar-refractivity contribution is -0.134. The first kappa shape index (κ1) is 8.32. The molecule has 0 spiro atoms. The molecular weight excluding hydrogens is 163 g/mol. The second-order valence-electron chi connectivity index (χ2n) is 1.93. The number of nitrogens with zero attached hydrogens (tertiary/aromatic N) is 2. The number of hydrogen-bond donors (Lipinski definition) is 1. The van der Waals surface area contributed by atoms with E-state index in [1.54, 1.807) is 0 Å². The summed E-state index contributed by atoms with van der Waals surface area (Å²) >= 11 is 0. The molecule has 0 fully saturated rings. The van der Waals surface area contributed by atoms with Crippen molar-refractivity contribution >= 4 is 12.0 Å². The summed E-state index contributed by atoms with van der Waals surface area (Å²) in [7, 11) is 0. The smallest absolute Gasteiger partial charge is 0.364 e. The molecule has 0 aliphatic carbocycles.